The highest BCUT2D eigenvalue weighted by Crippen LogP contribution is 2.25. The Morgan fingerprint density at radius 3 is 2.25 bits per heavy atom. The molecule has 2 N–H and O–H groups in total. The lowest BCUT2D eigenvalue weighted by Crippen LogP contribution is -2.04. The Hall–Kier alpha value is -2.10. The van der Waals surface area contributed by atoms with E-state index in [2.05, 4.69) is 60.4 Å². The Labute approximate surface area is 120 Å². The average molecular weight is 270 g/mol. The first-order valence-electron chi connectivity index (χ1n) is 7.01. The molecule has 106 valence electrons. The Kier molecular flexibility index (Phi) is 4.56. The van der Waals surface area contributed by atoms with Gasteiger partial charge in [0.05, 0.1) is 0 Å². The molecule has 20 heavy (non-hydrogen) atoms. The molecular formula is C16H22N4. The minimum Gasteiger partial charge on any atom is -0.370 e. The number of nitrogens with zero attached hydrogens (tertiary/aromatic N) is 2. The molecule has 0 aliphatic heterocycles. The molecule has 0 unspecified atom stereocenters. The Morgan fingerprint density at radius 2 is 1.60 bits per heavy atom. The van der Waals surface area contributed by atoms with Crippen molar-refractivity contribution >= 4 is 17.3 Å². The molecule has 2 aromatic rings. The van der Waals surface area contributed by atoms with Crippen molar-refractivity contribution in [3.05, 3.63) is 41.2 Å². The molecule has 1 aromatic carbocycles. The zero-order valence-electron chi connectivity index (χ0n) is 12.6. The maximum absolute atomic E-state index is 4.29. The van der Waals surface area contributed by atoms with Crippen LogP contribution in [0.1, 0.15) is 30.0 Å². The van der Waals surface area contributed by atoms with E-state index in [-0.39, 0.29) is 0 Å². The van der Waals surface area contributed by atoms with Crippen molar-refractivity contribution in [1.82, 2.24) is 9.97 Å². The summed E-state index contributed by atoms with van der Waals surface area (Å²) in [4.78, 5) is 8.50. The summed E-state index contributed by atoms with van der Waals surface area (Å²) in [5.41, 5.74) is 4.85. The lowest BCUT2D eigenvalue weighted by atomic mass is 10.1. The number of aromatic nitrogens is 2. The minimum atomic E-state index is 0.814. The van der Waals surface area contributed by atoms with Crippen molar-refractivity contribution in [1.29, 1.82) is 0 Å². The third-order valence-corrected chi connectivity index (χ3v) is 3.15. The molecule has 0 radical (unpaired) electrons. The van der Waals surface area contributed by atoms with Crippen LogP contribution in [0.4, 0.5) is 17.3 Å². The number of hydrogen-bond acceptors (Lipinski definition) is 4. The lowest BCUT2D eigenvalue weighted by Gasteiger charge is -2.14. The van der Waals surface area contributed by atoms with Gasteiger partial charge in [0, 0.05) is 18.3 Å². The van der Waals surface area contributed by atoms with Crippen LogP contribution < -0.4 is 10.6 Å². The fourth-order valence-corrected chi connectivity index (χ4v) is 2.28. The van der Waals surface area contributed by atoms with Crippen molar-refractivity contribution in [3.63, 3.8) is 0 Å². The molecule has 0 saturated carbocycles. The van der Waals surface area contributed by atoms with Crippen LogP contribution in [-0.2, 0) is 0 Å². The molecule has 0 aliphatic rings. The summed E-state index contributed by atoms with van der Waals surface area (Å²) in [6.07, 6.45) is 2.65. The van der Waals surface area contributed by atoms with Crippen LogP contribution in [0, 0.1) is 20.8 Å². The van der Waals surface area contributed by atoms with E-state index >= 15 is 0 Å². The number of benzene rings is 1. The van der Waals surface area contributed by atoms with Gasteiger partial charge < -0.3 is 10.6 Å². The minimum absolute atomic E-state index is 0.814. The highest BCUT2D eigenvalue weighted by molar-refractivity contribution is 5.66. The summed E-state index contributed by atoms with van der Waals surface area (Å²) in [6.45, 7) is 9.38. The van der Waals surface area contributed by atoms with Gasteiger partial charge in [-0.1, -0.05) is 24.6 Å². The molecule has 0 saturated heterocycles. The van der Waals surface area contributed by atoms with Gasteiger partial charge in [-0.3, -0.25) is 0 Å². The second kappa shape index (κ2) is 6.37. The molecule has 0 amide bonds. The number of hydrogen-bond donors (Lipinski definition) is 2. The van der Waals surface area contributed by atoms with E-state index < -0.39 is 0 Å². The van der Waals surface area contributed by atoms with Gasteiger partial charge in [-0.05, 0) is 38.3 Å². The average Bonchev–Trinajstić information content (AvgIpc) is 2.41. The van der Waals surface area contributed by atoms with Crippen molar-refractivity contribution < 1.29 is 0 Å². The molecule has 0 bridgehead atoms. The monoisotopic (exact) mass is 270 g/mol. The quantitative estimate of drug-likeness (QED) is 0.863. The number of anilines is 3. The third kappa shape index (κ3) is 3.47. The van der Waals surface area contributed by atoms with Gasteiger partial charge in [-0.15, -0.1) is 0 Å². The Morgan fingerprint density at radius 1 is 0.950 bits per heavy atom. The number of aryl methyl sites for hydroxylation is 3. The smallest absolute Gasteiger partial charge is 0.135 e. The van der Waals surface area contributed by atoms with E-state index in [1.807, 2.05) is 6.07 Å². The molecular weight excluding hydrogens is 248 g/mol. The standard InChI is InChI=1S/C16H22N4/c1-5-6-17-14-9-15(19-10-18-14)20-16-12(3)7-11(2)8-13(16)4/h7-10H,5-6H2,1-4H3,(H2,17,18,19,20). The van der Waals surface area contributed by atoms with Crippen LogP contribution in [0.2, 0.25) is 0 Å². The van der Waals surface area contributed by atoms with E-state index in [1.54, 1.807) is 6.33 Å². The SMILES string of the molecule is CCCNc1cc(Nc2c(C)cc(C)cc2C)ncn1. The molecule has 0 atom stereocenters. The molecule has 4 heteroatoms. The predicted molar refractivity (Wildman–Crippen MR) is 84.7 cm³/mol. The molecule has 1 heterocycles. The first kappa shape index (κ1) is 14.3. The zero-order valence-corrected chi connectivity index (χ0v) is 12.6. The van der Waals surface area contributed by atoms with Crippen LogP contribution >= 0.6 is 0 Å². The van der Waals surface area contributed by atoms with Gasteiger partial charge >= 0.3 is 0 Å². The van der Waals surface area contributed by atoms with Gasteiger partial charge in [0.1, 0.15) is 18.0 Å². The van der Waals surface area contributed by atoms with Crippen molar-refractivity contribution in [2.75, 3.05) is 17.2 Å². The maximum Gasteiger partial charge on any atom is 0.135 e. The summed E-state index contributed by atoms with van der Waals surface area (Å²) >= 11 is 0. The zero-order chi connectivity index (χ0) is 14.5. The molecule has 0 spiro atoms. The lowest BCUT2D eigenvalue weighted by molar-refractivity contribution is 0.965. The van der Waals surface area contributed by atoms with Crippen molar-refractivity contribution in [2.24, 2.45) is 0 Å². The van der Waals surface area contributed by atoms with Gasteiger partial charge in [-0.2, -0.15) is 0 Å². The summed E-state index contributed by atoms with van der Waals surface area (Å²) in [5, 5.41) is 6.66. The van der Waals surface area contributed by atoms with Gasteiger partial charge in [0.15, 0.2) is 0 Å². The second-order valence-electron chi connectivity index (χ2n) is 5.11. The van der Waals surface area contributed by atoms with E-state index in [4.69, 9.17) is 0 Å². The van der Waals surface area contributed by atoms with E-state index in [0.717, 1.165) is 30.3 Å². The van der Waals surface area contributed by atoms with Gasteiger partial charge in [-0.25, -0.2) is 9.97 Å². The highest BCUT2D eigenvalue weighted by Gasteiger charge is 2.05. The molecule has 0 aliphatic carbocycles. The number of nitrogens with one attached hydrogen (secondary N) is 2. The normalized spacial score (nSPS) is 10.4. The molecule has 4 nitrogen and oxygen atoms in total. The fourth-order valence-electron chi connectivity index (χ4n) is 2.28. The summed E-state index contributed by atoms with van der Waals surface area (Å²) in [7, 11) is 0. The highest BCUT2D eigenvalue weighted by atomic mass is 15.1. The van der Waals surface area contributed by atoms with Gasteiger partial charge in [0.2, 0.25) is 0 Å². The van der Waals surface area contributed by atoms with Crippen LogP contribution in [0.15, 0.2) is 24.5 Å². The predicted octanol–water partition coefficient (Wildman–Crippen LogP) is 3.97. The first-order valence-corrected chi connectivity index (χ1v) is 7.01. The van der Waals surface area contributed by atoms with Crippen LogP contribution in [-0.4, -0.2) is 16.5 Å². The van der Waals surface area contributed by atoms with Crippen LogP contribution in [0.5, 0.6) is 0 Å². The Bertz CT molecular complexity index is 570. The first-order chi connectivity index (χ1) is 9.60. The molecule has 1 aromatic heterocycles. The van der Waals surface area contributed by atoms with Crippen molar-refractivity contribution in [2.45, 2.75) is 34.1 Å². The van der Waals surface area contributed by atoms with E-state index in [9.17, 15) is 0 Å². The summed E-state index contributed by atoms with van der Waals surface area (Å²) in [5.74, 6) is 1.67. The molecule has 2 rings (SSSR count). The van der Waals surface area contributed by atoms with Crippen LogP contribution in [0.25, 0.3) is 0 Å². The molecule has 0 fully saturated rings. The summed E-state index contributed by atoms with van der Waals surface area (Å²) < 4.78 is 0. The van der Waals surface area contributed by atoms with Crippen molar-refractivity contribution in [3.8, 4) is 0 Å². The maximum atomic E-state index is 4.29. The largest absolute Gasteiger partial charge is 0.370 e. The third-order valence-electron chi connectivity index (χ3n) is 3.15. The Balaban J connectivity index is 2.22. The number of rotatable bonds is 5. The topological polar surface area (TPSA) is 49.8 Å². The summed E-state index contributed by atoms with van der Waals surface area (Å²) in [6, 6.07) is 6.29. The fraction of sp³-hybridized carbons (Fsp3) is 0.375. The van der Waals surface area contributed by atoms with Crippen LogP contribution in [0.3, 0.4) is 0 Å². The second-order valence-corrected chi connectivity index (χ2v) is 5.11. The van der Waals surface area contributed by atoms with Gasteiger partial charge in [0.25, 0.3) is 0 Å². The van der Waals surface area contributed by atoms with E-state index in [0.29, 0.717) is 0 Å². The van der Waals surface area contributed by atoms with E-state index in [1.165, 1.54) is 16.7 Å².